The van der Waals surface area contributed by atoms with Crippen molar-refractivity contribution in [3.05, 3.63) is 22.2 Å². The predicted octanol–water partition coefficient (Wildman–Crippen LogP) is 2.81. The molecule has 1 aromatic heterocycles. The van der Waals surface area contributed by atoms with E-state index in [-0.39, 0.29) is 11.5 Å². The molecule has 0 bridgehead atoms. The highest BCUT2D eigenvalue weighted by atomic mass is 16.6. The lowest BCUT2D eigenvalue weighted by Gasteiger charge is -2.32. The molecule has 3 N–H and O–H groups in total. The first-order valence-corrected chi connectivity index (χ1v) is 6.62. The second-order valence-corrected chi connectivity index (χ2v) is 5.65. The molecule has 0 aromatic carbocycles. The van der Waals surface area contributed by atoms with Gasteiger partial charge in [0.05, 0.1) is 17.1 Å². The number of nitrogens with zero attached hydrogens (tertiary/aromatic N) is 2. The first-order chi connectivity index (χ1) is 8.94. The largest absolute Gasteiger partial charge is 0.383 e. The maximum Gasteiger partial charge on any atom is 0.276 e. The van der Waals surface area contributed by atoms with Crippen LogP contribution in [-0.2, 0) is 0 Å². The van der Waals surface area contributed by atoms with Gasteiger partial charge in [-0.15, -0.1) is 0 Å². The van der Waals surface area contributed by atoms with Crippen molar-refractivity contribution in [3.63, 3.8) is 0 Å². The highest BCUT2D eigenvalue weighted by Gasteiger charge is 2.24. The summed E-state index contributed by atoms with van der Waals surface area (Å²) in [5, 5.41) is 14.1. The minimum absolute atomic E-state index is 0.0214. The molecule has 0 radical (unpaired) electrons. The minimum Gasteiger partial charge on any atom is -0.383 e. The van der Waals surface area contributed by atoms with Crippen LogP contribution in [0.3, 0.4) is 0 Å². The molecular formula is C13H20N4O2. The third-order valence-corrected chi connectivity index (χ3v) is 3.57. The second-order valence-electron chi connectivity index (χ2n) is 5.65. The molecule has 0 amide bonds. The molecule has 0 spiro atoms. The van der Waals surface area contributed by atoms with Crippen LogP contribution in [-0.4, -0.2) is 15.9 Å². The SMILES string of the molecule is CC1CC(C)CC(Nc2cc([N+](=O)[O-])cc(N)n2)C1. The molecular weight excluding hydrogens is 244 g/mol. The molecule has 0 saturated heterocycles. The number of hydrogen-bond donors (Lipinski definition) is 2. The Morgan fingerprint density at radius 3 is 2.53 bits per heavy atom. The zero-order valence-corrected chi connectivity index (χ0v) is 11.3. The number of pyridine rings is 1. The maximum absolute atomic E-state index is 10.8. The number of anilines is 2. The van der Waals surface area contributed by atoms with Crippen LogP contribution in [0.4, 0.5) is 17.3 Å². The van der Waals surface area contributed by atoms with Gasteiger partial charge in [0, 0.05) is 6.04 Å². The van der Waals surface area contributed by atoms with Gasteiger partial charge in [-0.2, -0.15) is 0 Å². The third kappa shape index (κ3) is 3.56. The maximum atomic E-state index is 10.8. The molecule has 6 nitrogen and oxygen atoms in total. The molecule has 19 heavy (non-hydrogen) atoms. The van der Waals surface area contributed by atoms with Gasteiger partial charge in [0.15, 0.2) is 0 Å². The van der Waals surface area contributed by atoms with Gasteiger partial charge in [0.25, 0.3) is 5.69 Å². The number of nitrogens with one attached hydrogen (secondary N) is 1. The number of aromatic nitrogens is 1. The quantitative estimate of drug-likeness (QED) is 0.646. The summed E-state index contributed by atoms with van der Waals surface area (Å²) in [5.41, 5.74) is 5.58. The van der Waals surface area contributed by atoms with Crippen molar-refractivity contribution in [2.45, 2.75) is 39.2 Å². The van der Waals surface area contributed by atoms with Gasteiger partial charge in [-0.05, 0) is 31.1 Å². The van der Waals surface area contributed by atoms with E-state index in [2.05, 4.69) is 24.1 Å². The molecule has 1 heterocycles. The van der Waals surface area contributed by atoms with Crippen LogP contribution < -0.4 is 11.1 Å². The van der Waals surface area contributed by atoms with Crippen LogP contribution in [0.1, 0.15) is 33.1 Å². The van der Waals surface area contributed by atoms with Crippen molar-refractivity contribution in [2.24, 2.45) is 11.8 Å². The summed E-state index contributed by atoms with van der Waals surface area (Å²) in [7, 11) is 0. The fourth-order valence-corrected chi connectivity index (χ4v) is 2.99. The van der Waals surface area contributed by atoms with Crippen LogP contribution in [0.5, 0.6) is 0 Å². The van der Waals surface area contributed by atoms with E-state index in [1.165, 1.54) is 18.6 Å². The van der Waals surface area contributed by atoms with Crippen LogP contribution >= 0.6 is 0 Å². The average Bonchev–Trinajstić information content (AvgIpc) is 2.26. The second kappa shape index (κ2) is 5.42. The monoisotopic (exact) mass is 264 g/mol. The zero-order chi connectivity index (χ0) is 14.0. The van der Waals surface area contributed by atoms with Gasteiger partial charge in [-0.3, -0.25) is 10.1 Å². The van der Waals surface area contributed by atoms with Gasteiger partial charge in [0.1, 0.15) is 11.6 Å². The lowest BCUT2D eigenvalue weighted by Crippen LogP contribution is -2.30. The van der Waals surface area contributed by atoms with E-state index in [1.807, 2.05) is 0 Å². The highest BCUT2D eigenvalue weighted by Crippen LogP contribution is 2.30. The number of nitro groups is 1. The topological polar surface area (TPSA) is 94.1 Å². The number of nitrogen functional groups attached to an aromatic ring is 1. The summed E-state index contributed by atoms with van der Waals surface area (Å²) >= 11 is 0. The smallest absolute Gasteiger partial charge is 0.276 e. The Balaban J connectivity index is 2.12. The Labute approximate surface area is 112 Å². The van der Waals surface area contributed by atoms with Gasteiger partial charge >= 0.3 is 0 Å². The Hall–Kier alpha value is -1.85. The Bertz CT molecular complexity index is 468. The lowest BCUT2D eigenvalue weighted by molar-refractivity contribution is -0.384. The predicted molar refractivity (Wildman–Crippen MR) is 74.9 cm³/mol. The lowest BCUT2D eigenvalue weighted by atomic mass is 9.80. The Morgan fingerprint density at radius 1 is 1.32 bits per heavy atom. The molecule has 2 atom stereocenters. The fraction of sp³-hybridized carbons (Fsp3) is 0.615. The number of nitrogens with two attached hydrogens (primary N) is 1. The van der Waals surface area contributed by atoms with Crippen molar-refractivity contribution in [2.75, 3.05) is 11.1 Å². The molecule has 6 heteroatoms. The minimum atomic E-state index is -0.449. The summed E-state index contributed by atoms with van der Waals surface area (Å²) in [6.45, 7) is 4.47. The van der Waals surface area contributed by atoms with E-state index in [0.29, 0.717) is 23.7 Å². The van der Waals surface area contributed by atoms with Crippen LogP contribution in [0.25, 0.3) is 0 Å². The zero-order valence-electron chi connectivity index (χ0n) is 11.3. The van der Waals surface area contributed by atoms with Crippen LogP contribution in [0.15, 0.2) is 12.1 Å². The molecule has 2 unspecified atom stereocenters. The summed E-state index contributed by atoms with van der Waals surface area (Å²) in [4.78, 5) is 14.5. The molecule has 1 aromatic rings. The van der Waals surface area contributed by atoms with Gasteiger partial charge in [0.2, 0.25) is 0 Å². The van der Waals surface area contributed by atoms with Crippen molar-refractivity contribution in [1.29, 1.82) is 0 Å². The van der Waals surface area contributed by atoms with Crippen LogP contribution in [0.2, 0.25) is 0 Å². The van der Waals surface area contributed by atoms with E-state index in [0.717, 1.165) is 12.8 Å². The number of hydrogen-bond acceptors (Lipinski definition) is 5. The molecule has 1 fully saturated rings. The fourth-order valence-electron chi connectivity index (χ4n) is 2.99. The summed E-state index contributed by atoms with van der Waals surface area (Å²) in [6.07, 6.45) is 3.37. The summed E-state index contributed by atoms with van der Waals surface area (Å²) < 4.78 is 0. The average molecular weight is 264 g/mol. The van der Waals surface area contributed by atoms with E-state index in [9.17, 15) is 10.1 Å². The van der Waals surface area contributed by atoms with E-state index in [1.54, 1.807) is 0 Å². The molecule has 104 valence electrons. The van der Waals surface area contributed by atoms with Crippen molar-refractivity contribution in [3.8, 4) is 0 Å². The van der Waals surface area contributed by atoms with Gasteiger partial charge in [-0.1, -0.05) is 13.8 Å². The summed E-state index contributed by atoms with van der Waals surface area (Å²) in [5.74, 6) is 2.00. The molecule has 2 rings (SSSR count). The number of rotatable bonds is 3. The molecule has 0 aliphatic heterocycles. The third-order valence-electron chi connectivity index (χ3n) is 3.57. The Kier molecular flexibility index (Phi) is 3.87. The molecule has 1 aliphatic carbocycles. The normalized spacial score (nSPS) is 26.9. The van der Waals surface area contributed by atoms with Gasteiger partial charge < -0.3 is 11.1 Å². The van der Waals surface area contributed by atoms with E-state index >= 15 is 0 Å². The van der Waals surface area contributed by atoms with E-state index < -0.39 is 4.92 Å². The molecule has 1 saturated carbocycles. The first-order valence-electron chi connectivity index (χ1n) is 6.62. The summed E-state index contributed by atoms with van der Waals surface area (Å²) in [6, 6.07) is 3.03. The van der Waals surface area contributed by atoms with Crippen molar-refractivity contribution < 1.29 is 4.92 Å². The molecule has 1 aliphatic rings. The van der Waals surface area contributed by atoms with Crippen molar-refractivity contribution >= 4 is 17.3 Å². The van der Waals surface area contributed by atoms with E-state index in [4.69, 9.17) is 5.73 Å². The standard InChI is InChI=1S/C13H20N4O2/c1-8-3-9(2)5-10(4-8)15-13-7-11(17(18)19)6-12(14)16-13/h6-10H,3-5H2,1-2H3,(H3,14,15,16). The highest BCUT2D eigenvalue weighted by molar-refractivity contribution is 5.53. The van der Waals surface area contributed by atoms with Crippen molar-refractivity contribution in [1.82, 2.24) is 4.98 Å². The van der Waals surface area contributed by atoms with Crippen LogP contribution in [0, 0.1) is 22.0 Å². The first kappa shape index (κ1) is 13.6. The van der Waals surface area contributed by atoms with Gasteiger partial charge in [-0.25, -0.2) is 4.98 Å². The Morgan fingerprint density at radius 2 is 1.95 bits per heavy atom.